The van der Waals surface area contributed by atoms with E-state index in [0.717, 1.165) is 24.2 Å². The zero-order valence-corrected chi connectivity index (χ0v) is 16.9. The molecule has 0 amide bonds. The Hall–Kier alpha value is -2.58. The number of methoxy groups -OCH3 is 1. The summed E-state index contributed by atoms with van der Waals surface area (Å²) in [5.74, 6) is -0.410. The number of benzene rings is 2. The Bertz CT molecular complexity index is 895. The van der Waals surface area contributed by atoms with Gasteiger partial charge in [0.1, 0.15) is 5.75 Å². The molecule has 0 fully saturated rings. The highest BCUT2D eigenvalue weighted by Gasteiger charge is 2.18. The van der Waals surface area contributed by atoms with Gasteiger partial charge in [-0.2, -0.15) is 0 Å². The van der Waals surface area contributed by atoms with E-state index in [2.05, 4.69) is 10.0 Å². The van der Waals surface area contributed by atoms with Gasteiger partial charge in [0.25, 0.3) is 0 Å². The lowest BCUT2D eigenvalue weighted by atomic mass is 10.1. The van der Waals surface area contributed by atoms with Crippen molar-refractivity contribution in [3.63, 3.8) is 0 Å². The van der Waals surface area contributed by atoms with Gasteiger partial charge < -0.3 is 15.2 Å². The van der Waals surface area contributed by atoms with Crippen LogP contribution in [0.1, 0.15) is 35.7 Å². The largest absolute Gasteiger partial charge is 0.497 e. The highest BCUT2D eigenvalue weighted by molar-refractivity contribution is 7.89. The Morgan fingerprint density at radius 1 is 1.11 bits per heavy atom. The molecule has 0 bridgehead atoms. The number of carbonyl (C=O) groups is 1. The van der Waals surface area contributed by atoms with Crippen molar-refractivity contribution >= 4 is 21.7 Å². The minimum atomic E-state index is -3.73. The predicted molar refractivity (Wildman–Crippen MR) is 109 cm³/mol. The van der Waals surface area contributed by atoms with Crippen molar-refractivity contribution in [2.45, 2.75) is 31.1 Å². The molecule has 0 aliphatic carbocycles. The molecule has 152 valence electrons. The number of carboxylic acid groups (broad SMARTS) is 1. The smallest absolute Gasteiger partial charge is 0.337 e. The summed E-state index contributed by atoms with van der Waals surface area (Å²) >= 11 is 0. The minimum Gasteiger partial charge on any atom is -0.497 e. The lowest BCUT2D eigenvalue weighted by Crippen LogP contribution is -2.25. The molecule has 0 atom stereocenters. The molecule has 0 saturated heterocycles. The molecule has 2 aromatic rings. The fraction of sp³-hybridized carbons (Fsp3) is 0.350. The zero-order valence-electron chi connectivity index (χ0n) is 16.1. The third-order valence-electron chi connectivity index (χ3n) is 4.24. The monoisotopic (exact) mass is 406 g/mol. The van der Waals surface area contributed by atoms with E-state index in [1.54, 1.807) is 7.11 Å². The van der Waals surface area contributed by atoms with Crippen molar-refractivity contribution < 1.29 is 23.1 Å². The molecule has 0 heterocycles. The van der Waals surface area contributed by atoms with Crippen molar-refractivity contribution in [2.24, 2.45) is 0 Å². The molecular formula is C20H26N2O5S. The van der Waals surface area contributed by atoms with Crippen LogP contribution in [0, 0.1) is 0 Å². The van der Waals surface area contributed by atoms with Crippen LogP contribution in [0.25, 0.3) is 0 Å². The van der Waals surface area contributed by atoms with Crippen LogP contribution in [0.15, 0.2) is 47.4 Å². The predicted octanol–water partition coefficient (Wildman–Crippen LogP) is 3.13. The van der Waals surface area contributed by atoms with Gasteiger partial charge in [-0.25, -0.2) is 17.9 Å². The Balaban J connectivity index is 2.08. The van der Waals surface area contributed by atoms with E-state index < -0.39 is 16.0 Å². The summed E-state index contributed by atoms with van der Waals surface area (Å²) in [5, 5.41) is 12.6. The highest BCUT2D eigenvalue weighted by Crippen LogP contribution is 2.21. The molecular weight excluding hydrogens is 380 g/mol. The molecule has 0 spiro atoms. The second kappa shape index (κ2) is 10.1. The second-order valence-electron chi connectivity index (χ2n) is 6.29. The van der Waals surface area contributed by atoms with E-state index in [1.807, 2.05) is 31.2 Å². The van der Waals surface area contributed by atoms with Crippen molar-refractivity contribution in [2.75, 3.05) is 25.5 Å². The number of aromatic carboxylic acids is 1. The number of ether oxygens (including phenoxy) is 1. The molecule has 0 unspecified atom stereocenters. The standard InChI is InChI=1S/C20H26N2O5S/c1-3-4-12-22-28(25,26)17-9-10-19(18(14-17)20(23)24)21-13-11-15-5-7-16(27-2)8-6-15/h5-10,14,21-22H,3-4,11-13H2,1-2H3,(H,23,24). The molecule has 0 aromatic heterocycles. The zero-order chi connectivity index (χ0) is 20.6. The van der Waals surface area contributed by atoms with Gasteiger partial charge in [-0.3, -0.25) is 0 Å². The maximum absolute atomic E-state index is 12.3. The average molecular weight is 407 g/mol. The summed E-state index contributed by atoms with van der Waals surface area (Å²) < 4.78 is 32.2. The Morgan fingerprint density at radius 2 is 1.82 bits per heavy atom. The summed E-state index contributed by atoms with van der Waals surface area (Å²) in [7, 11) is -2.12. The van der Waals surface area contributed by atoms with Crippen LogP contribution in [-0.4, -0.2) is 39.7 Å². The molecule has 0 aliphatic heterocycles. The van der Waals surface area contributed by atoms with E-state index in [4.69, 9.17) is 4.74 Å². The Kier molecular flexibility index (Phi) is 7.83. The van der Waals surface area contributed by atoms with Gasteiger partial charge in [0.2, 0.25) is 10.0 Å². The van der Waals surface area contributed by atoms with Crippen molar-refractivity contribution in [1.82, 2.24) is 4.72 Å². The summed E-state index contributed by atoms with van der Waals surface area (Å²) in [4.78, 5) is 11.5. The Morgan fingerprint density at radius 3 is 2.43 bits per heavy atom. The Labute approximate surface area is 165 Å². The van der Waals surface area contributed by atoms with Crippen molar-refractivity contribution in [1.29, 1.82) is 0 Å². The van der Waals surface area contributed by atoms with E-state index in [-0.39, 0.29) is 10.5 Å². The van der Waals surface area contributed by atoms with E-state index in [1.165, 1.54) is 18.2 Å². The first-order valence-electron chi connectivity index (χ1n) is 9.11. The lowest BCUT2D eigenvalue weighted by molar-refractivity contribution is 0.0697. The first-order chi connectivity index (χ1) is 13.4. The third-order valence-corrected chi connectivity index (χ3v) is 5.70. The van der Waals surface area contributed by atoms with Crippen LogP contribution in [0.3, 0.4) is 0 Å². The third kappa shape index (κ3) is 5.97. The van der Waals surface area contributed by atoms with Crippen LogP contribution >= 0.6 is 0 Å². The molecule has 8 heteroatoms. The number of hydrogen-bond donors (Lipinski definition) is 3. The van der Waals surface area contributed by atoms with Gasteiger partial charge in [0.15, 0.2) is 0 Å². The average Bonchev–Trinajstić information content (AvgIpc) is 2.68. The number of unbranched alkanes of at least 4 members (excludes halogenated alkanes) is 1. The molecule has 2 rings (SSSR count). The quantitative estimate of drug-likeness (QED) is 0.495. The van der Waals surface area contributed by atoms with E-state index >= 15 is 0 Å². The molecule has 28 heavy (non-hydrogen) atoms. The summed E-state index contributed by atoms with van der Waals surface area (Å²) in [5.41, 5.74) is 1.38. The fourth-order valence-corrected chi connectivity index (χ4v) is 3.72. The molecule has 0 radical (unpaired) electrons. The van der Waals surface area contributed by atoms with Gasteiger partial charge in [-0.1, -0.05) is 25.5 Å². The topological polar surface area (TPSA) is 105 Å². The van der Waals surface area contributed by atoms with Crippen LogP contribution in [0.2, 0.25) is 0 Å². The van der Waals surface area contributed by atoms with Gasteiger partial charge in [0, 0.05) is 18.8 Å². The van der Waals surface area contributed by atoms with Gasteiger partial charge in [-0.05, 0) is 48.7 Å². The summed E-state index contributed by atoms with van der Waals surface area (Å²) in [6.45, 7) is 2.79. The first-order valence-corrected chi connectivity index (χ1v) is 10.6. The number of sulfonamides is 1. The van der Waals surface area contributed by atoms with Gasteiger partial charge >= 0.3 is 5.97 Å². The number of anilines is 1. The lowest BCUT2D eigenvalue weighted by Gasteiger charge is -2.12. The van der Waals surface area contributed by atoms with Crippen LogP contribution in [-0.2, 0) is 16.4 Å². The normalized spacial score (nSPS) is 11.2. The number of hydrogen-bond acceptors (Lipinski definition) is 5. The molecule has 2 aromatic carbocycles. The number of rotatable bonds is 11. The fourth-order valence-electron chi connectivity index (χ4n) is 2.62. The maximum Gasteiger partial charge on any atom is 0.337 e. The highest BCUT2D eigenvalue weighted by atomic mass is 32.2. The van der Waals surface area contributed by atoms with Gasteiger partial charge in [0.05, 0.1) is 17.6 Å². The minimum absolute atomic E-state index is 0.0540. The SMILES string of the molecule is CCCCNS(=O)(=O)c1ccc(NCCc2ccc(OC)cc2)c(C(=O)O)c1. The summed E-state index contributed by atoms with van der Waals surface area (Å²) in [6.07, 6.45) is 2.26. The van der Waals surface area contributed by atoms with Crippen LogP contribution in [0.4, 0.5) is 5.69 Å². The van der Waals surface area contributed by atoms with Crippen molar-refractivity contribution in [3.8, 4) is 5.75 Å². The first kappa shape index (κ1) is 21.7. The van der Waals surface area contributed by atoms with Crippen molar-refractivity contribution in [3.05, 3.63) is 53.6 Å². The van der Waals surface area contributed by atoms with Crippen LogP contribution in [0.5, 0.6) is 5.75 Å². The summed E-state index contributed by atoms with van der Waals surface area (Å²) in [6, 6.07) is 11.7. The number of carboxylic acids is 1. The van der Waals surface area contributed by atoms with Crippen LogP contribution < -0.4 is 14.8 Å². The second-order valence-corrected chi connectivity index (χ2v) is 8.06. The van der Waals surface area contributed by atoms with E-state index in [9.17, 15) is 18.3 Å². The van der Waals surface area contributed by atoms with Gasteiger partial charge in [-0.15, -0.1) is 0 Å². The molecule has 7 nitrogen and oxygen atoms in total. The number of nitrogens with one attached hydrogen (secondary N) is 2. The molecule has 3 N–H and O–H groups in total. The molecule has 0 aliphatic rings. The van der Waals surface area contributed by atoms with E-state index in [0.29, 0.717) is 25.2 Å². The maximum atomic E-state index is 12.3. The molecule has 0 saturated carbocycles.